The molecule has 1 aromatic carbocycles. The Morgan fingerprint density at radius 3 is 2.23 bits per heavy atom. The summed E-state index contributed by atoms with van der Waals surface area (Å²) in [6.45, 7) is 6.57. The van der Waals surface area contributed by atoms with Crippen LogP contribution >= 0.6 is 0 Å². The molecule has 0 radical (unpaired) electrons. The zero-order valence-corrected chi connectivity index (χ0v) is 16.5. The lowest BCUT2D eigenvalue weighted by molar-refractivity contribution is -0.126. The number of carbonyl (C=O) groups is 2. The average molecular weight is 381 g/mol. The number of hydrazine groups is 1. The molecule has 0 spiro atoms. The zero-order chi connectivity index (χ0) is 19.5. The number of amides is 2. The first-order valence-corrected chi connectivity index (χ1v) is 10.5. The Labute approximate surface area is 155 Å². The van der Waals surface area contributed by atoms with Crippen molar-refractivity contribution < 1.29 is 18.0 Å². The number of piperidine rings is 1. The van der Waals surface area contributed by atoms with Gasteiger partial charge in [-0.2, -0.15) is 4.31 Å². The van der Waals surface area contributed by atoms with Gasteiger partial charge in [0.2, 0.25) is 10.0 Å². The summed E-state index contributed by atoms with van der Waals surface area (Å²) >= 11 is 0. The molecule has 1 aliphatic rings. The van der Waals surface area contributed by atoms with Crippen LogP contribution in [0.25, 0.3) is 0 Å². The highest BCUT2D eigenvalue weighted by atomic mass is 32.2. The Bertz CT molecular complexity index is 767. The molecule has 1 fully saturated rings. The van der Waals surface area contributed by atoms with E-state index < -0.39 is 27.9 Å². The molecule has 7 nitrogen and oxygen atoms in total. The Balaban J connectivity index is 1.99. The molecule has 1 heterocycles. The molecule has 26 heavy (non-hydrogen) atoms. The highest BCUT2D eigenvalue weighted by Crippen LogP contribution is 2.22. The summed E-state index contributed by atoms with van der Waals surface area (Å²) in [6.07, 6.45) is 3.03. The monoisotopic (exact) mass is 381 g/mol. The lowest BCUT2D eigenvalue weighted by Crippen LogP contribution is -2.55. The molecule has 2 N–H and O–H groups in total. The van der Waals surface area contributed by atoms with E-state index in [9.17, 15) is 18.0 Å². The van der Waals surface area contributed by atoms with Crippen LogP contribution in [-0.2, 0) is 20.2 Å². The second-order valence-corrected chi connectivity index (χ2v) is 9.59. The van der Waals surface area contributed by atoms with Crippen LogP contribution in [-0.4, -0.2) is 43.4 Å². The van der Waals surface area contributed by atoms with Gasteiger partial charge >= 0.3 is 0 Å². The van der Waals surface area contributed by atoms with Crippen molar-refractivity contribution in [2.75, 3.05) is 12.8 Å². The third kappa shape index (κ3) is 5.04. The third-order valence-electron chi connectivity index (χ3n) is 4.49. The smallest absolute Gasteiger partial charge is 0.269 e. The lowest BCUT2D eigenvalue weighted by atomic mass is 9.87. The predicted octanol–water partition coefficient (Wildman–Crippen LogP) is 1.56. The molecule has 2 amide bonds. The predicted molar refractivity (Wildman–Crippen MR) is 99.9 cm³/mol. The van der Waals surface area contributed by atoms with Crippen LogP contribution in [0.5, 0.6) is 0 Å². The van der Waals surface area contributed by atoms with E-state index in [1.54, 1.807) is 12.1 Å². The van der Waals surface area contributed by atoms with Gasteiger partial charge in [-0.3, -0.25) is 20.4 Å². The zero-order valence-electron chi connectivity index (χ0n) is 15.7. The Morgan fingerprint density at radius 1 is 1.08 bits per heavy atom. The van der Waals surface area contributed by atoms with E-state index in [0.717, 1.165) is 24.7 Å². The minimum Gasteiger partial charge on any atom is -0.271 e. The van der Waals surface area contributed by atoms with Gasteiger partial charge in [-0.05, 0) is 36.0 Å². The highest BCUT2D eigenvalue weighted by molar-refractivity contribution is 7.88. The number of hydrogen-bond donors (Lipinski definition) is 2. The normalized spacial score (nSPS) is 19.0. The molecule has 0 aliphatic carbocycles. The fourth-order valence-corrected chi connectivity index (χ4v) is 4.08. The largest absolute Gasteiger partial charge is 0.271 e. The molecule has 1 atom stereocenters. The quantitative estimate of drug-likeness (QED) is 0.777. The molecule has 8 heteroatoms. The molecular weight excluding hydrogens is 354 g/mol. The summed E-state index contributed by atoms with van der Waals surface area (Å²) in [5.74, 6) is -0.963. The summed E-state index contributed by atoms with van der Waals surface area (Å²) in [6, 6.07) is 6.37. The van der Waals surface area contributed by atoms with Crippen LogP contribution in [0.15, 0.2) is 24.3 Å². The van der Waals surface area contributed by atoms with Gasteiger partial charge < -0.3 is 0 Å². The summed E-state index contributed by atoms with van der Waals surface area (Å²) < 4.78 is 24.9. The molecule has 1 aromatic rings. The van der Waals surface area contributed by atoms with E-state index in [1.165, 1.54) is 4.31 Å². The molecule has 0 saturated carbocycles. The van der Waals surface area contributed by atoms with Crippen LogP contribution < -0.4 is 10.9 Å². The van der Waals surface area contributed by atoms with Crippen LogP contribution in [0.4, 0.5) is 0 Å². The highest BCUT2D eigenvalue weighted by Gasteiger charge is 2.34. The summed E-state index contributed by atoms with van der Waals surface area (Å²) in [5.41, 5.74) is 6.22. The summed E-state index contributed by atoms with van der Waals surface area (Å²) in [4.78, 5) is 24.6. The Morgan fingerprint density at radius 2 is 1.69 bits per heavy atom. The second kappa shape index (κ2) is 7.75. The maximum absolute atomic E-state index is 12.3. The first-order chi connectivity index (χ1) is 12.0. The van der Waals surface area contributed by atoms with Gasteiger partial charge in [0.25, 0.3) is 11.8 Å². The number of nitrogens with one attached hydrogen (secondary N) is 2. The molecule has 1 aliphatic heterocycles. The molecule has 1 saturated heterocycles. The van der Waals surface area contributed by atoms with Gasteiger partial charge in [-0.1, -0.05) is 39.3 Å². The van der Waals surface area contributed by atoms with Gasteiger partial charge in [0, 0.05) is 12.1 Å². The van der Waals surface area contributed by atoms with Crippen LogP contribution in [0.2, 0.25) is 0 Å². The Hall–Kier alpha value is -1.93. The Kier molecular flexibility index (Phi) is 6.08. The van der Waals surface area contributed by atoms with Crippen molar-refractivity contribution in [1.82, 2.24) is 15.2 Å². The molecule has 2 rings (SSSR count). The van der Waals surface area contributed by atoms with Crippen molar-refractivity contribution in [3.05, 3.63) is 35.4 Å². The third-order valence-corrected chi connectivity index (χ3v) is 5.78. The lowest BCUT2D eigenvalue weighted by Gasteiger charge is -2.32. The topological polar surface area (TPSA) is 95.6 Å². The van der Waals surface area contributed by atoms with Gasteiger partial charge in [-0.15, -0.1) is 0 Å². The van der Waals surface area contributed by atoms with E-state index in [1.807, 2.05) is 12.1 Å². The maximum atomic E-state index is 12.3. The molecule has 0 aromatic heterocycles. The summed E-state index contributed by atoms with van der Waals surface area (Å²) in [5, 5.41) is 0. The minimum atomic E-state index is -3.47. The standard InChI is InChI=1S/C18H27N3O4S/c1-18(2,3)14-10-8-13(9-11-14)16(22)19-20-17(23)15-7-5-6-12-21(15)26(4,24)25/h8-11,15H,5-7,12H2,1-4H3,(H,19,22)(H,20,23). The second-order valence-electron chi connectivity index (χ2n) is 7.66. The van der Waals surface area contributed by atoms with Crippen LogP contribution in [0.1, 0.15) is 56.0 Å². The van der Waals surface area contributed by atoms with E-state index in [2.05, 4.69) is 31.6 Å². The van der Waals surface area contributed by atoms with Gasteiger partial charge in [0.15, 0.2) is 0 Å². The van der Waals surface area contributed by atoms with Crippen molar-refractivity contribution in [3.8, 4) is 0 Å². The molecule has 0 bridgehead atoms. The minimum absolute atomic E-state index is 0.0146. The van der Waals surface area contributed by atoms with E-state index in [4.69, 9.17) is 0 Å². The number of benzene rings is 1. The number of sulfonamides is 1. The van der Waals surface area contributed by atoms with Crippen molar-refractivity contribution in [3.63, 3.8) is 0 Å². The van der Waals surface area contributed by atoms with Gasteiger partial charge in [0.1, 0.15) is 6.04 Å². The van der Waals surface area contributed by atoms with Gasteiger partial charge in [-0.25, -0.2) is 8.42 Å². The van der Waals surface area contributed by atoms with Crippen molar-refractivity contribution in [2.45, 2.75) is 51.5 Å². The molecule has 144 valence electrons. The summed E-state index contributed by atoms with van der Waals surface area (Å²) in [7, 11) is -3.47. The van der Waals surface area contributed by atoms with Crippen LogP contribution in [0.3, 0.4) is 0 Å². The van der Waals surface area contributed by atoms with E-state index in [0.29, 0.717) is 18.5 Å². The molecular formula is C18H27N3O4S. The first-order valence-electron chi connectivity index (χ1n) is 8.68. The van der Waals surface area contributed by atoms with Gasteiger partial charge in [0.05, 0.1) is 6.26 Å². The SMILES string of the molecule is CC(C)(C)c1ccc(C(=O)NNC(=O)C2CCCCN2S(C)(=O)=O)cc1. The first kappa shape index (κ1) is 20.4. The van der Waals surface area contributed by atoms with Crippen molar-refractivity contribution in [1.29, 1.82) is 0 Å². The van der Waals surface area contributed by atoms with E-state index in [-0.39, 0.29) is 5.41 Å². The maximum Gasteiger partial charge on any atom is 0.269 e. The van der Waals surface area contributed by atoms with Crippen molar-refractivity contribution in [2.24, 2.45) is 0 Å². The molecule has 1 unspecified atom stereocenters. The van der Waals surface area contributed by atoms with E-state index >= 15 is 0 Å². The average Bonchev–Trinajstić information content (AvgIpc) is 2.58. The number of nitrogens with zero attached hydrogens (tertiary/aromatic N) is 1. The fraction of sp³-hybridized carbons (Fsp3) is 0.556. The van der Waals surface area contributed by atoms with Crippen LogP contribution in [0, 0.1) is 0 Å². The fourth-order valence-electron chi connectivity index (χ4n) is 2.96. The number of hydrogen-bond acceptors (Lipinski definition) is 4. The van der Waals surface area contributed by atoms with Crippen molar-refractivity contribution >= 4 is 21.8 Å². The number of rotatable bonds is 3. The number of carbonyl (C=O) groups excluding carboxylic acids is 2.